The van der Waals surface area contributed by atoms with E-state index in [1.54, 1.807) is 0 Å². The first-order valence-electron chi connectivity index (χ1n) is 5.97. The Hall–Kier alpha value is -1.61. The minimum absolute atomic E-state index is 0.361. The Labute approximate surface area is 102 Å². The largest absolute Gasteiger partial charge is 0.326 e. The molecular formula is C14H19N3. The molecule has 3 nitrogen and oxygen atoms in total. The van der Waals surface area contributed by atoms with Gasteiger partial charge in [0.15, 0.2) is 0 Å². The predicted octanol–water partition coefficient (Wildman–Crippen LogP) is 2.90. The maximum atomic E-state index is 5.69. The number of nitrogens with zero attached hydrogens (tertiary/aromatic N) is 2. The SMILES string of the molecule is Cc1cnn(C(C)C)c1-c1cccc(CN)c1. The number of hydrogen-bond acceptors (Lipinski definition) is 2. The van der Waals surface area contributed by atoms with Crippen LogP contribution < -0.4 is 5.73 Å². The third-order valence-electron chi connectivity index (χ3n) is 2.90. The standard InChI is InChI=1S/C14H19N3/c1-10(2)17-14(11(3)9-16-17)13-6-4-5-12(7-13)8-15/h4-7,9-10H,8,15H2,1-3H3. The summed E-state index contributed by atoms with van der Waals surface area (Å²) in [5.74, 6) is 0. The van der Waals surface area contributed by atoms with Crippen molar-refractivity contribution >= 4 is 0 Å². The van der Waals surface area contributed by atoms with Crippen LogP contribution in [0.5, 0.6) is 0 Å². The maximum absolute atomic E-state index is 5.69. The van der Waals surface area contributed by atoms with Crippen LogP contribution in [0.15, 0.2) is 30.5 Å². The molecule has 0 unspecified atom stereocenters. The van der Waals surface area contributed by atoms with E-state index in [2.05, 4.69) is 54.8 Å². The molecule has 17 heavy (non-hydrogen) atoms. The topological polar surface area (TPSA) is 43.8 Å². The lowest BCUT2D eigenvalue weighted by Crippen LogP contribution is -2.05. The summed E-state index contributed by atoms with van der Waals surface area (Å²) < 4.78 is 2.06. The molecule has 1 aromatic carbocycles. The van der Waals surface area contributed by atoms with Crippen LogP contribution in [0.2, 0.25) is 0 Å². The van der Waals surface area contributed by atoms with Crippen LogP contribution >= 0.6 is 0 Å². The Balaban J connectivity index is 2.55. The van der Waals surface area contributed by atoms with Crippen molar-refractivity contribution in [3.63, 3.8) is 0 Å². The fourth-order valence-electron chi connectivity index (χ4n) is 2.05. The summed E-state index contributed by atoms with van der Waals surface area (Å²) >= 11 is 0. The number of nitrogens with two attached hydrogens (primary N) is 1. The Morgan fingerprint density at radius 3 is 2.76 bits per heavy atom. The van der Waals surface area contributed by atoms with Crippen LogP contribution in [0.4, 0.5) is 0 Å². The average Bonchev–Trinajstić information content (AvgIpc) is 2.71. The molecule has 0 aliphatic rings. The van der Waals surface area contributed by atoms with Gasteiger partial charge in [-0.3, -0.25) is 4.68 Å². The predicted molar refractivity (Wildman–Crippen MR) is 70.7 cm³/mol. The minimum atomic E-state index is 0.361. The molecule has 90 valence electrons. The van der Waals surface area contributed by atoms with E-state index in [9.17, 15) is 0 Å². The van der Waals surface area contributed by atoms with E-state index in [1.807, 2.05) is 6.20 Å². The van der Waals surface area contributed by atoms with Gasteiger partial charge >= 0.3 is 0 Å². The van der Waals surface area contributed by atoms with E-state index in [1.165, 1.54) is 16.8 Å². The van der Waals surface area contributed by atoms with Gasteiger partial charge in [0.1, 0.15) is 0 Å². The Kier molecular flexibility index (Phi) is 3.29. The maximum Gasteiger partial charge on any atom is 0.0714 e. The average molecular weight is 229 g/mol. The lowest BCUT2D eigenvalue weighted by Gasteiger charge is -2.12. The Morgan fingerprint density at radius 2 is 2.12 bits per heavy atom. The van der Waals surface area contributed by atoms with Gasteiger partial charge in [-0.1, -0.05) is 18.2 Å². The second kappa shape index (κ2) is 4.72. The lowest BCUT2D eigenvalue weighted by molar-refractivity contribution is 0.538. The van der Waals surface area contributed by atoms with Gasteiger partial charge in [0.05, 0.1) is 11.9 Å². The van der Waals surface area contributed by atoms with Crippen molar-refractivity contribution in [1.29, 1.82) is 0 Å². The molecule has 0 atom stereocenters. The van der Waals surface area contributed by atoms with Gasteiger partial charge in [0.25, 0.3) is 0 Å². The third-order valence-corrected chi connectivity index (χ3v) is 2.90. The molecule has 0 amide bonds. The summed E-state index contributed by atoms with van der Waals surface area (Å²) in [6.45, 7) is 6.95. The van der Waals surface area contributed by atoms with Crippen LogP contribution in [0.1, 0.15) is 31.0 Å². The quantitative estimate of drug-likeness (QED) is 0.879. The van der Waals surface area contributed by atoms with Crippen molar-refractivity contribution < 1.29 is 0 Å². The van der Waals surface area contributed by atoms with Gasteiger partial charge in [0.2, 0.25) is 0 Å². The van der Waals surface area contributed by atoms with Crippen molar-refractivity contribution in [2.45, 2.75) is 33.4 Å². The van der Waals surface area contributed by atoms with Gasteiger partial charge in [-0.05, 0) is 38.0 Å². The molecule has 0 fully saturated rings. The monoisotopic (exact) mass is 229 g/mol. The van der Waals surface area contributed by atoms with Crippen LogP contribution in [-0.4, -0.2) is 9.78 Å². The zero-order chi connectivity index (χ0) is 12.4. The van der Waals surface area contributed by atoms with E-state index in [0.717, 1.165) is 5.56 Å². The summed E-state index contributed by atoms with van der Waals surface area (Å²) in [6, 6.07) is 8.72. The van der Waals surface area contributed by atoms with Crippen molar-refractivity contribution in [3.05, 3.63) is 41.6 Å². The van der Waals surface area contributed by atoms with Gasteiger partial charge < -0.3 is 5.73 Å². The summed E-state index contributed by atoms with van der Waals surface area (Å²) in [4.78, 5) is 0. The Bertz CT molecular complexity index is 512. The molecular weight excluding hydrogens is 210 g/mol. The fourth-order valence-corrected chi connectivity index (χ4v) is 2.05. The van der Waals surface area contributed by atoms with Crippen LogP contribution in [0, 0.1) is 6.92 Å². The second-order valence-corrected chi connectivity index (χ2v) is 4.62. The molecule has 3 heteroatoms. The number of hydrogen-bond donors (Lipinski definition) is 1. The van der Waals surface area contributed by atoms with E-state index < -0.39 is 0 Å². The van der Waals surface area contributed by atoms with E-state index >= 15 is 0 Å². The van der Waals surface area contributed by atoms with Gasteiger partial charge in [-0.2, -0.15) is 5.10 Å². The first-order chi connectivity index (χ1) is 8.13. The first-order valence-corrected chi connectivity index (χ1v) is 5.97. The third kappa shape index (κ3) is 2.24. The summed E-state index contributed by atoms with van der Waals surface area (Å²) in [6.07, 6.45) is 1.92. The molecule has 0 bridgehead atoms. The van der Waals surface area contributed by atoms with Crippen molar-refractivity contribution in [2.24, 2.45) is 5.73 Å². The van der Waals surface area contributed by atoms with Crippen molar-refractivity contribution in [2.75, 3.05) is 0 Å². The molecule has 0 aliphatic heterocycles. The molecule has 2 rings (SSSR count). The van der Waals surface area contributed by atoms with Gasteiger partial charge in [-0.15, -0.1) is 0 Å². The van der Waals surface area contributed by atoms with E-state index in [-0.39, 0.29) is 0 Å². The minimum Gasteiger partial charge on any atom is -0.326 e. The first kappa shape index (κ1) is 11.9. The van der Waals surface area contributed by atoms with Crippen LogP contribution in [-0.2, 0) is 6.54 Å². The summed E-state index contributed by atoms with van der Waals surface area (Å²) in [7, 11) is 0. The zero-order valence-electron chi connectivity index (χ0n) is 10.6. The molecule has 0 saturated carbocycles. The molecule has 0 spiro atoms. The lowest BCUT2D eigenvalue weighted by atomic mass is 10.1. The van der Waals surface area contributed by atoms with Gasteiger partial charge in [-0.25, -0.2) is 0 Å². The highest BCUT2D eigenvalue weighted by atomic mass is 15.3. The van der Waals surface area contributed by atoms with Crippen molar-refractivity contribution in [3.8, 4) is 11.3 Å². The molecule has 0 aliphatic carbocycles. The second-order valence-electron chi connectivity index (χ2n) is 4.62. The highest BCUT2D eigenvalue weighted by molar-refractivity contribution is 5.64. The zero-order valence-corrected chi connectivity index (χ0v) is 10.6. The highest BCUT2D eigenvalue weighted by Gasteiger charge is 2.12. The smallest absolute Gasteiger partial charge is 0.0714 e. The fraction of sp³-hybridized carbons (Fsp3) is 0.357. The number of rotatable bonds is 3. The van der Waals surface area contributed by atoms with Gasteiger partial charge in [0, 0.05) is 18.2 Å². The molecule has 1 aromatic heterocycles. The Morgan fingerprint density at radius 1 is 1.35 bits per heavy atom. The molecule has 2 N–H and O–H groups in total. The highest BCUT2D eigenvalue weighted by Crippen LogP contribution is 2.26. The number of aryl methyl sites for hydroxylation is 1. The van der Waals surface area contributed by atoms with Crippen LogP contribution in [0.25, 0.3) is 11.3 Å². The molecule has 0 saturated heterocycles. The van der Waals surface area contributed by atoms with E-state index in [4.69, 9.17) is 5.73 Å². The van der Waals surface area contributed by atoms with E-state index in [0.29, 0.717) is 12.6 Å². The molecule has 2 aromatic rings. The number of aromatic nitrogens is 2. The normalized spacial score (nSPS) is 11.1. The van der Waals surface area contributed by atoms with Crippen molar-refractivity contribution in [1.82, 2.24) is 9.78 Å². The molecule has 1 heterocycles. The summed E-state index contributed by atoms with van der Waals surface area (Å²) in [5, 5.41) is 4.43. The summed E-state index contributed by atoms with van der Waals surface area (Å²) in [5.41, 5.74) is 10.4. The van der Waals surface area contributed by atoms with Crippen LogP contribution in [0.3, 0.4) is 0 Å². The number of benzene rings is 1. The molecule has 0 radical (unpaired) electrons.